The molecule has 0 bridgehead atoms. The Morgan fingerprint density at radius 1 is 1.32 bits per heavy atom. The van der Waals surface area contributed by atoms with E-state index in [4.69, 9.17) is 0 Å². The van der Waals surface area contributed by atoms with Crippen LogP contribution in [0, 0.1) is 13.8 Å². The summed E-state index contributed by atoms with van der Waals surface area (Å²) in [5, 5.41) is 5.46. The minimum Gasteiger partial charge on any atom is -0.352 e. The molecule has 0 radical (unpaired) electrons. The summed E-state index contributed by atoms with van der Waals surface area (Å²) in [6.07, 6.45) is 1.32. The van der Waals surface area contributed by atoms with Crippen LogP contribution in [0.3, 0.4) is 0 Å². The van der Waals surface area contributed by atoms with E-state index < -0.39 is 6.04 Å². The number of rotatable bonds is 6. The zero-order valence-electron chi connectivity index (χ0n) is 14.5. The Hall–Kier alpha value is -2.28. The van der Waals surface area contributed by atoms with E-state index in [2.05, 4.69) is 17.2 Å². The quantitative estimate of drug-likeness (QED) is 0.758. The maximum absolute atomic E-state index is 12.6. The number of carbonyl (C=O) groups excluding carboxylic acids is 3. The predicted molar refractivity (Wildman–Crippen MR) is 100 cm³/mol. The van der Waals surface area contributed by atoms with Gasteiger partial charge in [0, 0.05) is 24.4 Å². The van der Waals surface area contributed by atoms with Crippen LogP contribution in [0.5, 0.6) is 0 Å². The Morgan fingerprint density at radius 3 is 2.76 bits per heavy atom. The van der Waals surface area contributed by atoms with Crippen LogP contribution in [-0.2, 0) is 14.4 Å². The van der Waals surface area contributed by atoms with Gasteiger partial charge in [0.25, 0.3) is 0 Å². The van der Waals surface area contributed by atoms with Crippen molar-refractivity contribution < 1.29 is 14.4 Å². The molecule has 25 heavy (non-hydrogen) atoms. The molecule has 0 saturated carbocycles. The van der Waals surface area contributed by atoms with Gasteiger partial charge in [-0.15, -0.1) is 11.8 Å². The predicted octanol–water partition coefficient (Wildman–Crippen LogP) is 1.84. The van der Waals surface area contributed by atoms with Crippen molar-refractivity contribution in [2.24, 2.45) is 0 Å². The second kappa shape index (κ2) is 8.71. The third kappa shape index (κ3) is 5.09. The monoisotopic (exact) mass is 361 g/mol. The summed E-state index contributed by atoms with van der Waals surface area (Å²) in [5.74, 6) is 0.416. The molecule has 1 unspecified atom stereocenters. The molecule has 1 aliphatic rings. The number of hydrogen-bond donors (Lipinski definition) is 2. The minimum atomic E-state index is -0.491. The van der Waals surface area contributed by atoms with Gasteiger partial charge in [-0.05, 0) is 43.2 Å². The van der Waals surface area contributed by atoms with Gasteiger partial charge in [-0.3, -0.25) is 14.4 Å². The summed E-state index contributed by atoms with van der Waals surface area (Å²) in [6.45, 7) is 7.60. The maximum Gasteiger partial charge on any atom is 0.248 e. The lowest BCUT2D eigenvalue weighted by molar-refractivity contribution is -0.136. The first-order valence-corrected chi connectivity index (χ1v) is 9.23. The fraction of sp³-hybridized carbons (Fsp3) is 0.389. The number of hydrogen-bond acceptors (Lipinski definition) is 4. The highest BCUT2D eigenvalue weighted by Crippen LogP contribution is 2.23. The van der Waals surface area contributed by atoms with Gasteiger partial charge in [0.1, 0.15) is 6.04 Å². The summed E-state index contributed by atoms with van der Waals surface area (Å²) in [6, 6.07) is 5.25. The number of nitrogens with zero attached hydrogens (tertiary/aromatic N) is 1. The Labute approximate surface area is 152 Å². The van der Waals surface area contributed by atoms with Crippen molar-refractivity contribution >= 4 is 35.2 Å². The molecule has 1 saturated heterocycles. The van der Waals surface area contributed by atoms with Gasteiger partial charge in [-0.1, -0.05) is 12.6 Å². The highest BCUT2D eigenvalue weighted by atomic mass is 32.2. The first kappa shape index (κ1) is 19.1. The topological polar surface area (TPSA) is 78.5 Å². The maximum atomic E-state index is 12.6. The van der Waals surface area contributed by atoms with Crippen molar-refractivity contribution in [3.63, 3.8) is 0 Å². The summed E-state index contributed by atoms with van der Waals surface area (Å²) in [4.78, 5) is 37.6. The van der Waals surface area contributed by atoms with E-state index in [0.717, 1.165) is 22.9 Å². The van der Waals surface area contributed by atoms with E-state index in [1.807, 2.05) is 32.0 Å². The van der Waals surface area contributed by atoms with Gasteiger partial charge in [0.15, 0.2) is 0 Å². The molecule has 0 aliphatic carbocycles. The minimum absolute atomic E-state index is 0.144. The molecule has 6 nitrogen and oxygen atoms in total. The van der Waals surface area contributed by atoms with Crippen LogP contribution in [0.25, 0.3) is 0 Å². The smallest absolute Gasteiger partial charge is 0.248 e. The molecular weight excluding hydrogens is 338 g/mol. The number of benzene rings is 1. The van der Waals surface area contributed by atoms with Crippen LogP contribution in [0.1, 0.15) is 17.5 Å². The molecule has 1 aliphatic heterocycles. The van der Waals surface area contributed by atoms with E-state index in [1.165, 1.54) is 0 Å². The lowest BCUT2D eigenvalue weighted by atomic mass is 10.1. The molecule has 134 valence electrons. The molecule has 1 heterocycles. The van der Waals surface area contributed by atoms with Crippen molar-refractivity contribution in [3.8, 4) is 0 Å². The third-order valence-corrected chi connectivity index (χ3v) is 5.12. The summed E-state index contributed by atoms with van der Waals surface area (Å²) in [7, 11) is 0. The zero-order valence-corrected chi connectivity index (χ0v) is 15.3. The number of aryl methyl sites for hydroxylation is 2. The first-order chi connectivity index (χ1) is 11.9. The molecular formula is C18H23N3O3S. The van der Waals surface area contributed by atoms with Crippen molar-refractivity contribution in [3.05, 3.63) is 42.0 Å². The average Bonchev–Trinajstić information content (AvgIpc) is 3.07. The average molecular weight is 361 g/mol. The standard InChI is InChI=1S/C18H23N3O3S/c1-4-16(22)19-8-7-17(23)21-11-25-10-15(21)18(24)20-14-6-5-12(2)13(3)9-14/h4-6,9,15H,1,7-8,10-11H2,2-3H3,(H,19,22)(H,20,24). The van der Waals surface area contributed by atoms with Crippen LogP contribution in [0.15, 0.2) is 30.9 Å². The number of amides is 3. The molecule has 1 aromatic rings. The Balaban J connectivity index is 1.93. The Bertz CT molecular complexity index is 690. The molecule has 0 spiro atoms. The van der Waals surface area contributed by atoms with Crippen molar-refractivity contribution in [2.75, 3.05) is 23.5 Å². The van der Waals surface area contributed by atoms with Crippen LogP contribution in [0.4, 0.5) is 5.69 Å². The molecule has 2 rings (SSSR count). The molecule has 1 fully saturated rings. The fourth-order valence-corrected chi connectivity index (χ4v) is 3.64. The van der Waals surface area contributed by atoms with Crippen LogP contribution >= 0.6 is 11.8 Å². The molecule has 1 aromatic carbocycles. The SMILES string of the molecule is C=CC(=O)NCCC(=O)N1CSCC1C(=O)Nc1ccc(C)c(C)c1. The molecule has 0 aromatic heterocycles. The van der Waals surface area contributed by atoms with Crippen LogP contribution in [-0.4, -0.2) is 46.8 Å². The number of nitrogens with one attached hydrogen (secondary N) is 2. The van der Waals surface area contributed by atoms with Crippen LogP contribution < -0.4 is 10.6 Å². The molecule has 7 heteroatoms. The summed E-state index contributed by atoms with van der Waals surface area (Å²) < 4.78 is 0. The Kier molecular flexibility index (Phi) is 6.64. The van der Waals surface area contributed by atoms with Crippen molar-refractivity contribution in [2.45, 2.75) is 26.3 Å². The third-order valence-electron chi connectivity index (χ3n) is 4.10. The number of anilines is 1. The van der Waals surface area contributed by atoms with E-state index in [0.29, 0.717) is 11.6 Å². The van der Waals surface area contributed by atoms with E-state index in [1.54, 1.807) is 16.7 Å². The Morgan fingerprint density at radius 2 is 2.08 bits per heavy atom. The molecule has 2 N–H and O–H groups in total. The van der Waals surface area contributed by atoms with Gasteiger partial charge in [-0.25, -0.2) is 0 Å². The van der Waals surface area contributed by atoms with E-state index in [9.17, 15) is 14.4 Å². The summed E-state index contributed by atoms with van der Waals surface area (Å²) >= 11 is 1.55. The molecule has 1 atom stereocenters. The largest absolute Gasteiger partial charge is 0.352 e. The van der Waals surface area contributed by atoms with E-state index >= 15 is 0 Å². The van der Waals surface area contributed by atoms with Crippen molar-refractivity contribution in [1.29, 1.82) is 0 Å². The fourth-order valence-electron chi connectivity index (χ4n) is 2.46. The van der Waals surface area contributed by atoms with Gasteiger partial charge in [0.05, 0.1) is 5.88 Å². The summed E-state index contributed by atoms with van der Waals surface area (Å²) in [5.41, 5.74) is 2.99. The van der Waals surface area contributed by atoms with Gasteiger partial charge < -0.3 is 15.5 Å². The van der Waals surface area contributed by atoms with Crippen LogP contribution in [0.2, 0.25) is 0 Å². The molecule has 3 amide bonds. The van der Waals surface area contributed by atoms with Gasteiger partial charge >= 0.3 is 0 Å². The highest BCUT2D eigenvalue weighted by molar-refractivity contribution is 7.99. The highest BCUT2D eigenvalue weighted by Gasteiger charge is 2.34. The van der Waals surface area contributed by atoms with Gasteiger partial charge in [-0.2, -0.15) is 0 Å². The normalized spacial score (nSPS) is 16.4. The number of carbonyl (C=O) groups is 3. The van der Waals surface area contributed by atoms with Crippen molar-refractivity contribution in [1.82, 2.24) is 10.2 Å². The zero-order chi connectivity index (χ0) is 18.4. The van der Waals surface area contributed by atoms with E-state index in [-0.39, 0.29) is 30.7 Å². The number of thioether (sulfide) groups is 1. The van der Waals surface area contributed by atoms with Gasteiger partial charge in [0.2, 0.25) is 17.7 Å². The first-order valence-electron chi connectivity index (χ1n) is 8.08. The lowest BCUT2D eigenvalue weighted by Gasteiger charge is -2.23. The second-order valence-corrected chi connectivity index (χ2v) is 6.91. The lowest BCUT2D eigenvalue weighted by Crippen LogP contribution is -2.45. The second-order valence-electron chi connectivity index (χ2n) is 5.91.